The molecule has 3 aromatic heterocycles. The molecule has 2 aliphatic rings. The van der Waals surface area contributed by atoms with Crippen LogP contribution >= 0.6 is 0 Å². The Morgan fingerprint density at radius 2 is 1.36 bits per heavy atom. The summed E-state index contributed by atoms with van der Waals surface area (Å²) in [5.41, 5.74) is 7.66. The van der Waals surface area contributed by atoms with Gasteiger partial charge in [-0.25, -0.2) is 9.97 Å². The van der Waals surface area contributed by atoms with Crippen molar-refractivity contribution in [2.45, 2.75) is 13.0 Å². The van der Waals surface area contributed by atoms with Crippen molar-refractivity contribution in [3.63, 3.8) is 0 Å². The van der Waals surface area contributed by atoms with Gasteiger partial charge in [-0.15, -0.1) is 0 Å². The second-order valence-corrected chi connectivity index (χ2v) is 6.91. The minimum absolute atomic E-state index is 0.219. The van der Waals surface area contributed by atoms with Gasteiger partial charge in [0.2, 0.25) is 0 Å². The first-order valence-corrected chi connectivity index (χ1v) is 9.20. The van der Waals surface area contributed by atoms with E-state index in [0.717, 1.165) is 44.9 Å². The van der Waals surface area contributed by atoms with Crippen LogP contribution in [-0.4, -0.2) is 27.0 Å². The summed E-state index contributed by atoms with van der Waals surface area (Å²) in [5, 5.41) is 0. The normalized spacial score (nSPS) is 14.3. The number of ether oxygens (including phenoxy) is 1. The Balaban J connectivity index is 1.88. The minimum Gasteiger partial charge on any atom is -0.377 e. The van der Waals surface area contributed by atoms with Crippen LogP contribution < -0.4 is 0 Å². The molecule has 0 spiro atoms. The first kappa shape index (κ1) is 15.6. The standard InChI is InChI=1S/C23H20N4O/c1-14(28-2)22-12-21-11-19-6-5-17(25-19)9-15-3-4-16(24-15)10-18-7-8-20(26-18)13-23(22)27-21/h3-14,24,27H,1-2H3/i12D. The van der Waals surface area contributed by atoms with Gasteiger partial charge in [-0.2, -0.15) is 0 Å². The van der Waals surface area contributed by atoms with E-state index in [4.69, 9.17) is 6.11 Å². The first-order valence-electron chi connectivity index (χ1n) is 9.70. The lowest BCUT2D eigenvalue weighted by atomic mass is 10.1. The fourth-order valence-corrected chi connectivity index (χ4v) is 3.40. The van der Waals surface area contributed by atoms with Crippen molar-refractivity contribution in [1.29, 1.82) is 0 Å². The number of aromatic nitrogens is 4. The molecule has 0 aromatic carbocycles. The topological polar surface area (TPSA) is 66.6 Å². The van der Waals surface area contributed by atoms with Crippen LogP contribution in [-0.2, 0) is 4.74 Å². The van der Waals surface area contributed by atoms with Gasteiger partial charge in [0.1, 0.15) is 0 Å². The first-order chi connectivity index (χ1) is 14.1. The van der Waals surface area contributed by atoms with Gasteiger partial charge in [0.15, 0.2) is 0 Å². The van der Waals surface area contributed by atoms with Gasteiger partial charge in [-0.05, 0) is 73.7 Å². The molecule has 8 bridgehead atoms. The third-order valence-electron chi connectivity index (χ3n) is 4.88. The molecule has 0 saturated heterocycles. The molecular weight excluding hydrogens is 348 g/mol. The summed E-state index contributed by atoms with van der Waals surface area (Å²) >= 11 is 0. The Hall–Kier alpha value is -3.44. The average molecular weight is 369 g/mol. The molecule has 0 fully saturated rings. The predicted molar refractivity (Wildman–Crippen MR) is 114 cm³/mol. The minimum atomic E-state index is -0.219. The Kier molecular flexibility index (Phi) is 3.69. The third kappa shape index (κ3) is 3.17. The maximum atomic E-state index is 8.67. The summed E-state index contributed by atoms with van der Waals surface area (Å²) in [6.45, 7) is 1.94. The average Bonchev–Trinajstić information content (AvgIpc) is 3.47. The summed E-state index contributed by atoms with van der Waals surface area (Å²) in [7, 11) is 1.65. The molecule has 5 rings (SSSR count). The Labute approximate surface area is 163 Å². The summed E-state index contributed by atoms with van der Waals surface area (Å²) in [6.07, 6.45) is 7.66. The third-order valence-corrected chi connectivity index (χ3v) is 4.88. The number of hydrogen-bond acceptors (Lipinski definition) is 3. The molecule has 5 heterocycles. The van der Waals surface area contributed by atoms with Gasteiger partial charge in [-0.1, -0.05) is 0 Å². The number of nitrogens with zero attached hydrogens (tertiary/aromatic N) is 2. The van der Waals surface area contributed by atoms with Crippen LogP contribution in [0.5, 0.6) is 0 Å². The fourth-order valence-electron chi connectivity index (χ4n) is 3.40. The lowest BCUT2D eigenvalue weighted by Crippen LogP contribution is -1.93. The second kappa shape index (κ2) is 6.62. The van der Waals surface area contributed by atoms with Crippen molar-refractivity contribution in [3.05, 3.63) is 70.8 Å². The molecule has 0 amide bonds. The van der Waals surface area contributed by atoms with E-state index in [2.05, 4.69) is 19.9 Å². The SMILES string of the molecule is [2H]c1c(C(C)OC)c2cc3nc(cc4ccc(cc5nc(cc1[nH]2)C=C5)[nH]4)C=C3. The predicted octanol–water partition coefficient (Wildman–Crippen LogP) is 5.36. The highest BCUT2D eigenvalue weighted by molar-refractivity contribution is 5.78. The number of fused-ring (bicyclic) bond motifs is 8. The fraction of sp³-hybridized carbons (Fsp3) is 0.130. The van der Waals surface area contributed by atoms with E-state index in [0.29, 0.717) is 11.6 Å². The number of rotatable bonds is 2. The van der Waals surface area contributed by atoms with Gasteiger partial charge < -0.3 is 14.7 Å². The Bertz CT molecular complexity index is 1330. The van der Waals surface area contributed by atoms with E-state index in [1.165, 1.54) is 0 Å². The largest absolute Gasteiger partial charge is 0.377 e. The molecule has 28 heavy (non-hydrogen) atoms. The molecule has 2 aliphatic heterocycles. The second-order valence-electron chi connectivity index (χ2n) is 6.91. The van der Waals surface area contributed by atoms with Crippen molar-refractivity contribution in [2.24, 2.45) is 0 Å². The highest BCUT2D eigenvalue weighted by Gasteiger charge is 2.10. The molecule has 0 saturated carbocycles. The zero-order chi connectivity index (χ0) is 20.0. The molecule has 2 N–H and O–H groups in total. The summed E-state index contributed by atoms with van der Waals surface area (Å²) < 4.78 is 14.2. The quantitative estimate of drug-likeness (QED) is 0.440. The molecule has 1 atom stereocenters. The molecule has 0 radical (unpaired) electrons. The molecule has 5 nitrogen and oxygen atoms in total. The maximum Gasteiger partial charge on any atom is 0.0813 e. The van der Waals surface area contributed by atoms with Gasteiger partial charge in [0.05, 0.1) is 30.3 Å². The number of hydrogen-bond donors (Lipinski definition) is 2. The van der Waals surface area contributed by atoms with E-state index < -0.39 is 0 Å². The highest BCUT2D eigenvalue weighted by Crippen LogP contribution is 2.25. The monoisotopic (exact) mass is 369 g/mol. The molecular formula is C23H20N4O. The maximum absolute atomic E-state index is 8.67. The molecule has 3 aromatic rings. The van der Waals surface area contributed by atoms with Crippen molar-refractivity contribution < 1.29 is 6.11 Å². The zero-order valence-corrected chi connectivity index (χ0v) is 15.7. The van der Waals surface area contributed by atoms with Crippen LogP contribution in [0.4, 0.5) is 0 Å². The van der Waals surface area contributed by atoms with Crippen LogP contribution in [0, 0.1) is 0 Å². The lowest BCUT2D eigenvalue weighted by molar-refractivity contribution is 0.121. The molecule has 138 valence electrons. The zero-order valence-electron chi connectivity index (χ0n) is 16.7. The van der Waals surface area contributed by atoms with E-state index in [1.54, 1.807) is 7.11 Å². The highest BCUT2D eigenvalue weighted by atomic mass is 16.5. The van der Waals surface area contributed by atoms with Gasteiger partial charge in [0, 0.05) is 34.7 Å². The molecule has 0 aliphatic carbocycles. The van der Waals surface area contributed by atoms with Crippen molar-refractivity contribution in [2.75, 3.05) is 7.11 Å². The van der Waals surface area contributed by atoms with Gasteiger partial charge in [0.25, 0.3) is 0 Å². The Morgan fingerprint density at radius 3 is 1.93 bits per heavy atom. The molecule has 1 unspecified atom stereocenters. The number of H-pyrrole nitrogens is 2. The van der Waals surface area contributed by atoms with Crippen LogP contribution in [0.3, 0.4) is 0 Å². The lowest BCUT2D eigenvalue weighted by Gasteiger charge is -2.06. The summed E-state index contributed by atoms with van der Waals surface area (Å²) in [4.78, 5) is 16.1. The van der Waals surface area contributed by atoms with Crippen LogP contribution in [0.15, 0.2) is 42.4 Å². The van der Waals surface area contributed by atoms with Gasteiger partial charge in [-0.3, -0.25) is 0 Å². The summed E-state index contributed by atoms with van der Waals surface area (Å²) in [6, 6.07) is 12.3. The van der Waals surface area contributed by atoms with Crippen LogP contribution in [0.2, 0.25) is 0 Å². The number of nitrogens with one attached hydrogen (secondary N) is 2. The molecule has 5 heteroatoms. The Morgan fingerprint density at radius 1 is 0.821 bits per heavy atom. The number of aromatic amines is 2. The van der Waals surface area contributed by atoms with Gasteiger partial charge >= 0.3 is 0 Å². The van der Waals surface area contributed by atoms with E-state index in [-0.39, 0.29) is 6.10 Å². The van der Waals surface area contributed by atoms with Crippen molar-refractivity contribution >= 4 is 46.4 Å². The van der Waals surface area contributed by atoms with Crippen molar-refractivity contribution in [1.82, 2.24) is 19.9 Å². The van der Waals surface area contributed by atoms with E-state index >= 15 is 0 Å². The summed E-state index contributed by atoms with van der Waals surface area (Å²) in [5.74, 6) is 0. The van der Waals surface area contributed by atoms with Crippen molar-refractivity contribution in [3.8, 4) is 0 Å². The smallest absolute Gasteiger partial charge is 0.0813 e. The van der Waals surface area contributed by atoms with E-state index in [9.17, 15) is 0 Å². The van der Waals surface area contributed by atoms with Crippen LogP contribution in [0.25, 0.3) is 46.4 Å². The van der Waals surface area contributed by atoms with E-state index in [1.807, 2.05) is 67.6 Å². The van der Waals surface area contributed by atoms with Crippen LogP contribution in [0.1, 0.15) is 42.7 Å². The number of methoxy groups -OCH3 is 1.